The van der Waals surface area contributed by atoms with Gasteiger partial charge in [-0.1, -0.05) is 297 Å². The number of quaternary nitrogens is 1. The van der Waals surface area contributed by atoms with Crippen LogP contribution in [0.4, 0.5) is 0 Å². The lowest BCUT2D eigenvalue weighted by molar-refractivity contribution is -0.870. The molecule has 0 aliphatic carbocycles. The summed E-state index contributed by atoms with van der Waals surface area (Å²) in [5, 5.41) is 3.04. The van der Waals surface area contributed by atoms with Crippen LogP contribution in [-0.4, -0.2) is 69.4 Å². The molecule has 0 saturated carbocycles. The summed E-state index contributed by atoms with van der Waals surface area (Å²) >= 11 is 0. The first-order valence-electron chi connectivity index (χ1n) is 36.2. The molecular formula is C77H137N2O7P. The second-order valence-electron chi connectivity index (χ2n) is 25.4. The van der Waals surface area contributed by atoms with E-state index in [1.54, 1.807) is 0 Å². The van der Waals surface area contributed by atoms with Crippen LogP contribution in [0.2, 0.25) is 0 Å². The topological polar surface area (TPSA) is 114 Å². The molecule has 10 heteroatoms. The number of esters is 1. The summed E-state index contributed by atoms with van der Waals surface area (Å²) in [6.45, 7) is 6.71. The second kappa shape index (κ2) is 65.6. The van der Waals surface area contributed by atoms with Crippen LogP contribution in [0.3, 0.4) is 0 Å². The number of nitrogens with one attached hydrogen (secondary N) is 1. The molecule has 502 valence electrons. The monoisotopic (exact) mass is 1230 g/mol. The molecule has 9 nitrogen and oxygen atoms in total. The molecule has 0 aromatic rings. The molecule has 0 radical (unpaired) electrons. The molecule has 0 saturated heterocycles. The van der Waals surface area contributed by atoms with Crippen LogP contribution in [0.5, 0.6) is 0 Å². The van der Waals surface area contributed by atoms with Gasteiger partial charge in [-0.15, -0.1) is 0 Å². The average molecular weight is 1230 g/mol. The van der Waals surface area contributed by atoms with Crippen molar-refractivity contribution in [3.63, 3.8) is 0 Å². The molecule has 1 amide bonds. The number of likely N-dealkylation sites (N-methyl/N-ethyl adjacent to an activating group) is 1. The Morgan fingerprint density at radius 3 is 1.13 bits per heavy atom. The van der Waals surface area contributed by atoms with Gasteiger partial charge < -0.3 is 28.5 Å². The lowest BCUT2D eigenvalue weighted by Gasteiger charge is -2.30. The van der Waals surface area contributed by atoms with E-state index in [4.69, 9.17) is 13.8 Å². The Morgan fingerprint density at radius 1 is 0.414 bits per heavy atom. The van der Waals surface area contributed by atoms with Crippen LogP contribution in [0, 0.1) is 0 Å². The molecule has 0 aromatic heterocycles. The minimum absolute atomic E-state index is 0.0289. The Kier molecular flexibility index (Phi) is 63.1. The summed E-state index contributed by atoms with van der Waals surface area (Å²) in [6, 6.07) is -0.902. The van der Waals surface area contributed by atoms with Gasteiger partial charge in [-0.25, -0.2) is 0 Å². The summed E-state index contributed by atoms with van der Waals surface area (Å²) in [4.78, 5) is 40.2. The first-order valence-corrected chi connectivity index (χ1v) is 37.7. The highest BCUT2D eigenvalue weighted by Crippen LogP contribution is 2.38. The third-order valence-corrected chi connectivity index (χ3v) is 16.7. The van der Waals surface area contributed by atoms with Crippen molar-refractivity contribution >= 4 is 19.7 Å². The van der Waals surface area contributed by atoms with Gasteiger partial charge in [0.05, 0.1) is 33.8 Å². The number of unbranched alkanes of at least 4 members (excludes halogenated alkanes) is 33. The summed E-state index contributed by atoms with van der Waals surface area (Å²) in [5.74, 6) is -0.556. The average Bonchev–Trinajstić information content (AvgIpc) is 3.70. The molecule has 0 heterocycles. The number of phosphoric ester groups is 1. The molecule has 87 heavy (non-hydrogen) atoms. The lowest BCUT2D eigenvalue weighted by atomic mass is 10.0. The fraction of sp³-hybridized carbons (Fsp3) is 0.740. The molecule has 0 bridgehead atoms. The summed E-state index contributed by atoms with van der Waals surface area (Å²) < 4.78 is 30.4. The van der Waals surface area contributed by atoms with E-state index in [1.807, 2.05) is 33.3 Å². The van der Waals surface area contributed by atoms with Crippen molar-refractivity contribution in [3.8, 4) is 0 Å². The van der Waals surface area contributed by atoms with Crippen LogP contribution in [0.25, 0.3) is 0 Å². The third-order valence-electron chi connectivity index (χ3n) is 15.7. The van der Waals surface area contributed by atoms with Gasteiger partial charge in [-0.2, -0.15) is 0 Å². The summed E-state index contributed by atoms with van der Waals surface area (Å²) in [5.41, 5.74) is 0. The van der Waals surface area contributed by atoms with E-state index in [9.17, 15) is 19.0 Å². The van der Waals surface area contributed by atoms with Gasteiger partial charge >= 0.3 is 5.97 Å². The van der Waals surface area contributed by atoms with Gasteiger partial charge in [0.2, 0.25) is 5.91 Å². The molecule has 0 rings (SSSR count). The first kappa shape index (κ1) is 83.7. The highest BCUT2D eigenvalue weighted by molar-refractivity contribution is 7.45. The van der Waals surface area contributed by atoms with Gasteiger partial charge in [0.15, 0.2) is 0 Å². The Bertz CT molecular complexity index is 1860. The normalized spacial score (nSPS) is 14.1. The minimum Gasteiger partial charge on any atom is -0.756 e. The van der Waals surface area contributed by atoms with E-state index < -0.39 is 26.6 Å². The molecule has 1 N–H and O–H groups in total. The van der Waals surface area contributed by atoms with Crippen molar-refractivity contribution in [2.45, 2.75) is 328 Å². The largest absolute Gasteiger partial charge is 0.756 e. The smallest absolute Gasteiger partial charge is 0.306 e. The molecular weight excluding hydrogens is 1100 g/mol. The van der Waals surface area contributed by atoms with E-state index in [-0.39, 0.29) is 24.9 Å². The quantitative estimate of drug-likeness (QED) is 0.0212. The maximum atomic E-state index is 13.6. The first-order chi connectivity index (χ1) is 42.4. The fourth-order valence-electron chi connectivity index (χ4n) is 10.1. The number of hydrogen-bond donors (Lipinski definition) is 1. The highest BCUT2D eigenvalue weighted by Gasteiger charge is 2.27. The SMILES string of the molecule is CC/C=C\C/C=C\C/C=C\C/C=C\C/C=C\C/C=C\CCCCCCCCC(=O)OC(/C=C/CCCCCCCCCCC)C(COP(=O)([O-])OCC[N+](C)(C)C)NC(=O)CCCCCCCCCCCCCCCCC/C=C\C/C=C\CCCCC. The number of nitrogens with zero attached hydrogens (tertiary/aromatic N) is 1. The van der Waals surface area contributed by atoms with Crippen molar-refractivity contribution in [2.75, 3.05) is 40.9 Å². The van der Waals surface area contributed by atoms with E-state index in [0.29, 0.717) is 23.9 Å². The maximum Gasteiger partial charge on any atom is 0.306 e. The van der Waals surface area contributed by atoms with E-state index in [1.165, 1.54) is 154 Å². The van der Waals surface area contributed by atoms with E-state index in [0.717, 1.165) is 122 Å². The summed E-state index contributed by atoms with van der Waals surface area (Å²) in [7, 11) is 1.17. The number of hydrogen-bond acceptors (Lipinski definition) is 7. The molecule has 0 aromatic carbocycles. The van der Waals surface area contributed by atoms with Crippen LogP contribution in [-0.2, 0) is 27.9 Å². The molecule has 0 spiro atoms. The number of amides is 1. The number of rotatable bonds is 65. The van der Waals surface area contributed by atoms with Crippen molar-refractivity contribution < 1.29 is 37.3 Å². The van der Waals surface area contributed by atoms with Crippen LogP contribution < -0.4 is 10.2 Å². The maximum absolute atomic E-state index is 13.6. The standard InChI is InChI=1S/C77H137N2O7P/c1-7-10-13-16-19-22-25-27-29-31-33-35-37-39-41-43-45-47-49-51-54-57-60-63-66-69-76(80)78-74(73-85-87(82,83)84-72-71-79(4,5)6)75(68-65-62-59-56-53-24-21-18-15-12-9-3)86-77(81)70-67-64-61-58-55-52-50-48-46-44-42-40-38-36-34-32-30-28-26-23-20-17-14-11-8-2/h11,14,19-20,22-23,27-30,34,36,40,42,46,48,65,68,74-75H,7-10,12-13,15-18,21,24-26,31-33,35,37-39,41,43-45,47,49-64,66-67,69-73H2,1-6H3,(H-,78,80,82,83)/b14-11-,22-19-,23-20-,29-27-,30-28-,36-34-,42-40-,48-46-,68-65+. The number of carbonyl (C=O) groups is 2. The number of carbonyl (C=O) groups excluding carboxylic acids is 2. The van der Waals surface area contributed by atoms with Gasteiger partial charge in [-0.3, -0.25) is 14.2 Å². The van der Waals surface area contributed by atoms with Crippen LogP contribution in [0.15, 0.2) is 109 Å². The second-order valence-corrected chi connectivity index (χ2v) is 26.8. The van der Waals surface area contributed by atoms with Crippen LogP contribution >= 0.6 is 7.82 Å². The van der Waals surface area contributed by atoms with Gasteiger partial charge in [0.25, 0.3) is 7.82 Å². The van der Waals surface area contributed by atoms with Gasteiger partial charge in [-0.05, 0) is 115 Å². The molecule has 0 aliphatic heterocycles. The Hall–Kier alpha value is -3.33. The Balaban J connectivity index is 5.04. The Labute approximate surface area is 538 Å². The zero-order valence-electron chi connectivity index (χ0n) is 57.4. The zero-order chi connectivity index (χ0) is 63.5. The van der Waals surface area contributed by atoms with E-state index >= 15 is 0 Å². The minimum atomic E-state index is -4.71. The molecule has 3 unspecified atom stereocenters. The lowest BCUT2D eigenvalue weighted by Crippen LogP contribution is -2.47. The molecule has 3 atom stereocenters. The van der Waals surface area contributed by atoms with Crippen LogP contribution in [0.1, 0.15) is 316 Å². The highest BCUT2D eigenvalue weighted by atomic mass is 31.2. The number of phosphoric acid groups is 1. The van der Waals surface area contributed by atoms with Crippen molar-refractivity contribution in [1.82, 2.24) is 5.32 Å². The van der Waals surface area contributed by atoms with Crippen molar-refractivity contribution in [2.24, 2.45) is 0 Å². The number of allylic oxidation sites excluding steroid dienone is 17. The summed E-state index contributed by atoms with van der Waals surface area (Å²) in [6.07, 6.45) is 90.7. The van der Waals surface area contributed by atoms with E-state index in [2.05, 4.69) is 123 Å². The Morgan fingerprint density at radius 2 is 0.736 bits per heavy atom. The number of ether oxygens (including phenoxy) is 1. The third kappa shape index (κ3) is 66.9. The van der Waals surface area contributed by atoms with Gasteiger partial charge in [0.1, 0.15) is 19.3 Å². The molecule has 0 aliphatic rings. The fourth-order valence-corrected chi connectivity index (χ4v) is 10.9. The predicted molar refractivity (Wildman–Crippen MR) is 376 cm³/mol. The van der Waals surface area contributed by atoms with Gasteiger partial charge in [0, 0.05) is 12.8 Å². The molecule has 0 fully saturated rings. The zero-order valence-corrected chi connectivity index (χ0v) is 58.3. The van der Waals surface area contributed by atoms with Crippen molar-refractivity contribution in [1.29, 1.82) is 0 Å². The predicted octanol–water partition coefficient (Wildman–Crippen LogP) is 22.6. The van der Waals surface area contributed by atoms with Crippen molar-refractivity contribution in [3.05, 3.63) is 109 Å².